The Balaban J connectivity index is 1.45. The zero-order chi connectivity index (χ0) is 16.4. The Labute approximate surface area is 147 Å². The van der Waals surface area contributed by atoms with Crippen molar-refractivity contribution >= 4 is 26.7 Å². The van der Waals surface area contributed by atoms with Gasteiger partial charge in [0, 0.05) is 45.4 Å². The number of nitrogens with zero attached hydrogens (tertiary/aromatic N) is 3. The summed E-state index contributed by atoms with van der Waals surface area (Å²) in [6.45, 7) is 8.89. The Morgan fingerprint density at radius 2 is 2.00 bits per heavy atom. The van der Waals surface area contributed by atoms with Crippen molar-refractivity contribution in [3.05, 3.63) is 18.2 Å². The normalized spacial score (nSPS) is 20.6. The van der Waals surface area contributed by atoms with Crippen molar-refractivity contribution in [2.75, 3.05) is 50.9 Å². The summed E-state index contributed by atoms with van der Waals surface area (Å²) in [6, 6.07) is 6.91. The van der Waals surface area contributed by atoms with Gasteiger partial charge in [0.25, 0.3) is 0 Å². The van der Waals surface area contributed by atoms with Crippen LogP contribution in [0.5, 0.6) is 5.75 Å². The number of hydrogen-bond donors (Lipinski definition) is 0. The molecular formula is C18H25N3O2S. The quantitative estimate of drug-likeness (QED) is 0.850. The molecule has 0 radical (unpaired) electrons. The first kappa shape index (κ1) is 16.1. The molecule has 0 atom stereocenters. The third-order valence-corrected chi connectivity index (χ3v) is 6.04. The summed E-state index contributed by atoms with van der Waals surface area (Å²) >= 11 is 1.78. The fourth-order valence-electron chi connectivity index (χ4n) is 3.65. The number of anilines is 1. The van der Waals surface area contributed by atoms with Crippen LogP contribution in [0.15, 0.2) is 18.2 Å². The maximum Gasteiger partial charge on any atom is 0.186 e. The highest BCUT2D eigenvalue weighted by molar-refractivity contribution is 7.22. The Kier molecular flexibility index (Phi) is 4.87. The number of hydrogen-bond acceptors (Lipinski definition) is 6. The minimum atomic E-state index is 0.676. The molecule has 2 aromatic rings. The Bertz CT molecular complexity index is 676. The smallest absolute Gasteiger partial charge is 0.186 e. The molecule has 2 saturated heterocycles. The molecular weight excluding hydrogens is 322 g/mol. The van der Waals surface area contributed by atoms with Crippen LogP contribution in [0.25, 0.3) is 10.2 Å². The fraction of sp³-hybridized carbons (Fsp3) is 0.611. The van der Waals surface area contributed by atoms with Crippen LogP contribution in [0.4, 0.5) is 5.13 Å². The molecule has 0 N–H and O–H groups in total. The number of benzene rings is 1. The van der Waals surface area contributed by atoms with Crippen LogP contribution < -0.4 is 9.64 Å². The average Bonchev–Trinajstić information content (AvgIpc) is 3.08. The van der Waals surface area contributed by atoms with Gasteiger partial charge in [-0.1, -0.05) is 17.4 Å². The molecule has 1 aromatic carbocycles. The van der Waals surface area contributed by atoms with Crippen molar-refractivity contribution in [3.8, 4) is 5.75 Å². The first-order valence-electron chi connectivity index (χ1n) is 8.94. The van der Waals surface area contributed by atoms with Gasteiger partial charge in [0.15, 0.2) is 5.13 Å². The highest BCUT2D eigenvalue weighted by atomic mass is 32.1. The summed E-state index contributed by atoms with van der Waals surface area (Å²) in [5, 5.41) is 1.13. The lowest BCUT2D eigenvalue weighted by Gasteiger charge is -2.40. The lowest BCUT2D eigenvalue weighted by Crippen LogP contribution is -2.51. The largest absolute Gasteiger partial charge is 0.492 e. The Morgan fingerprint density at radius 3 is 2.75 bits per heavy atom. The van der Waals surface area contributed by atoms with Gasteiger partial charge >= 0.3 is 0 Å². The summed E-state index contributed by atoms with van der Waals surface area (Å²) in [4.78, 5) is 9.94. The van der Waals surface area contributed by atoms with E-state index in [1.165, 1.54) is 17.5 Å². The zero-order valence-corrected chi connectivity index (χ0v) is 15.1. The predicted molar refractivity (Wildman–Crippen MR) is 98.4 cm³/mol. The molecule has 0 amide bonds. The van der Waals surface area contributed by atoms with E-state index < -0.39 is 0 Å². The van der Waals surface area contributed by atoms with Gasteiger partial charge in [0.2, 0.25) is 0 Å². The molecule has 3 heterocycles. The third kappa shape index (κ3) is 3.23. The molecule has 4 rings (SSSR count). The van der Waals surface area contributed by atoms with Gasteiger partial charge in [-0.05, 0) is 31.9 Å². The maximum absolute atomic E-state index is 5.72. The highest BCUT2D eigenvalue weighted by Gasteiger charge is 2.26. The molecule has 5 nitrogen and oxygen atoms in total. The first-order chi connectivity index (χ1) is 11.8. The maximum atomic E-state index is 5.72. The number of aromatic nitrogens is 1. The van der Waals surface area contributed by atoms with Gasteiger partial charge in [0.1, 0.15) is 11.3 Å². The van der Waals surface area contributed by atoms with E-state index in [1.54, 1.807) is 11.3 Å². The number of piperazine rings is 1. The predicted octanol–water partition coefficient (Wildman–Crippen LogP) is 3.00. The topological polar surface area (TPSA) is 37.8 Å². The molecule has 0 bridgehead atoms. The van der Waals surface area contributed by atoms with Gasteiger partial charge in [-0.25, -0.2) is 4.98 Å². The number of para-hydroxylation sites is 1. The number of ether oxygens (including phenoxy) is 2. The molecule has 0 unspecified atom stereocenters. The molecule has 130 valence electrons. The van der Waals surface area contributed by atoms with E-state index in [-0.39, 0.29) is 0 Å². The van der Waals surface area contributed by atoms with E-state index in [0.717, 1.165) is 55.8 Å². The van der Waals surface area contributed by atoms with Crippen molar-refractivity contribution < 1.29 is 9.47 Å². The summed E-state index contributed by atoms with van der Waals surface area (Å²) in [5.41, 5.74) is 1.01. The lowest BCUT2D eigenvalue weighted by molar-refractivity contribution is 0.0321. The minimum absolute atomic E-state index is 0.676. The van der Waals surface area contributed by atoms with Gasteiger partial charge in [-0.3, -0.25) is 4.90 Å². The van der Waals surface area contributed by atoms with Gasteiger partial charge in [-0.2, -0.15) is 0 Å². The van der Waals surface area contributed by atoms with Gasteiger partial charge in [-0.15, -0.1) is 0 Å². The number of thiazole rings is 1. The van der Waals surface area contributed by atoms with Crippen LogP contribution in [-0.2, 0) is 4.74 Å². The van der Waals surface area contributed by atoms with Crippen LogP contribution in [0.1, 0.15) is 19.8 Å². The van der Waals surface area contributed by atoms with E-state index in [1.807, 2.05) is 13.0 Å². The van der Waals surface area contributed by atoms with Crippen molar-refractivity contribution in [2.24, 2.45) is 0 Å². The second-order valence-electron chi connectivity index (χ2n) is 6.40. The van der Waals surface area contributed by atoms with E-state index in [2.05, 4.69) is 21.9 Å². The number of fused-ring (bicyclic) bond motifs is 1. The second-order valence-corrected chi connectivity index (χ2v) is 7.41. The summed E-state index contributed by atoms with van der Waals surface area (Å²) in [6.07, 6.45) is 2.36. The summed E-state index contributed by atoms with van der Waals surface area (Å²) in [7, 11) is 0. The van der Waals surface area contributed by atoms with Crippen molar-refractivity contribution in [1.29, 1.82) is 0 Å². The van der Waals surface area contributed by atoms with Crippen molar-refractivity contribution in [2.45, 2.75) is 25.8 Å². The molecule has 0 saturated carbocycles. The van der Waals surface area contributed by atoms with Crippen LogP contribution in [0.2, 0.25) is 0 Å². The number of rotatable bonds is 4. The summed E-state index contributed by atoms with van der Waals surface area (Å²) < 4.78 is 12.4. The Hall–Kier alpha value is -1.37. The molecule has 24 heavy (non-hydrogen) atoms. The van der Waals surface area contributed by atoms with Gasteiger partial charge in [0.05, 0.1) is 11.3 Å². The van der Waals surface area contributed by atoms with E-state index in [0.29, 0.717) is 12.6 Å². The van der Waals surface area contributed by atoms with Crippen LogP contribution in [0.3, 0.4) is 0 Å². The fourth-order valence-corrected chi connectivity index (χ4v) is 4.68. The molecule has 2 aliphatic rings. The molecule has 1 aromatic heterocycles. The van der Waals surface area contributed by atoms with Crippen LogP contribution >= 0.6 is 11.3 Å². The highest BCUT2D eigenvalue weighted by Crippen LogP contribution is 2.34. The van der Waals surface area contributed by atoms with Crippen molar-refractivity contribution in [1.82, 2.24) is 9.88 Å². The molecule has 2 aliphatic heterocycles. The monoisotopic (exact) mass is 347 g/mol. The zero-order valence-electron chi connectivity index (χ0n) is 14.2. The standard InChI is InChI=1S/C18H25N3O2S/c1-2-23-15-4-3-5-16-17(15)19-18(24-16)21-10-8-20(9-11-21)14-6-12-22-13-7-14/h3-5,14H,2,6-13H2,1H3. The summed E-state index contributed by atoms with van der Waals surface area (Å²) in [5.74, 6) is 0.901. The first-order valence-corrected chi connectivity index (χ1v) is 9.76. The van der Waals surface area contributed by atoms with Crippen LogP contribution in [0, 0.1) is 0 Å². The van der Waals surface area contributed by atoms with Crippen LogP contribution in [-0.4, -0.2) is 61.9 Å². The molecule has 2 fully saturated rings. The van der Waals surface area contributed by atoms with Crippen molar-refractivity contribution in [3.63, 3.8) is 0 Å². The molecule has 0 aliphatic carbocycles. The minimum Gasteiger partial charge on any atom is -0.492 e. The van der Waals surface area contributed by atoms with Gasteiger partial charge < -0.3 is 14.4 Å². The lowest BCUT2D eigenvalue weighted by atomic mass is 10.1. The Morgan fingerprint density at radius 1 is 1.21 bits per heavy atom. The second kappa shape index (κ2) is 7.25. The third-order valence-electron chi connectivity index (χ3n) is 4.96. The van der Waals surface area contributed by atoms with E-state index in [9.17, 15) is 0 Å². The van der Waals surface area contributed by atoms with E-state index in [4.69, 9.17) is 14.5 Å². The molecule has 6 heteroatoms. The van der Waals surface area contributed by atoms with E-state index >= 15 is 0 Å². The molecule has 0 spiro atoms. The average molecular weight is 347 g/mol. The SMILES string of the molecule is CCOc1cccc2sc(N3CCN(C4CCOCC4)CC3)nc12.